The summed E-state index contributed by atoms with van der Waals surface area (Å²) in [6.45, 7) is 1.55. The summed E-state index contributed by atoms with van der Waals surface area (Å²) in [5.41, 5.74) is 8.72. The molecule has 152 valence electrons. The predicted molar refractivity (Wildman–Crippen MR) is 107 cm³/mol. The van der Waals surface area contributed by atoms with Crippen LogP contribution in [0.3, 0.4) is 0 Å². The molecule has 5 rings (SSSR count). The number of amides is 1. The highest BCUT2D eigenvalue weighted by molar-refractivity contribution is 5.92. The van der Waals surface area contributed by atoms with E-state index in [1.54, 1.807) is 35.1 Å². The molecule has 1 aliphatic heterocycles. The molecule has 10 nitrogen and oxygen atoms in total. The van der Waals surface area contributed by atoms with E-state index in [0.717, 1.165) is 37.3 Å². The maximum absolute atomic E-state index is 11.3. The average molecular weight is 404 g/mol. The van der Waals surface area contributed by atoms with E-state index < -0.39 is 5.91 Å². The van der Waals surface area contributed by atoms with Gasteiger partial charge in [0.1, 0.15) is 5.82 Å². The van der Waals surface area contributed by atoms with Crippen LogP contribution in [0.4, 0.5) is 0 Å². The minimum Gasteiger partial charge on any atom is -0.381 e. The van der Waals surface area contributed by atoms with Crippen molar-refractivity contribution in [2.75, 3.05) is 13.2 Å². The van der Waals surface area contributed by atoms with E-state index in [1.807, 2.05) is 10.9 Å². The molecule has 4 aromatic rings. The second kappa shape index (κ2) is 7.64. The van der Waals surface area contributed by atoms with E-state index in [-0.39, 0.29) is 0 Å². The van der Waals surface area contributed by atoms with Crippen LogP contribution < -0.4 is 5.73 Å². The van der Waals surface area contributed by atoms with E-state index in [4.69, 9.17) is 10.5 Å². The topological polar surface area (TPSA) is 127 Å². The molecule has 3 aromatic heterocycles. The van der Waals surface area contributed by atoms with E-state index in [0.29, 0.717) is 35.0 Å². The molecule has 10 heteroatoms. The minimum absolute atomic E-state index is 0.380. The molecule has 1 saturated heterocycles. The lowest BCUT2D eigenvalue weighted by Crippen LogP contribution is -2.19. The number of ether oxygens (including phenoxy) is 1. The molecule has 1 fully saturated rings. The fourth-order valence-corrected chi connectivity index (χ4v) is 3.59. The highest BCUT2D eigenvalue weighted by atomic mass is 16.5. The van der Waals surface area contributed by atoms with Crippen LogP contribution in [-0.4, -0.2) is 53.9 Å². The van der Waals surface area contributed by atoms with E-state index in [1.165, 1.54) is 0 Å². The Morgan fingerprint density at radius 2 is 1.97 bits per heavy atom. The van der Waals surface area contributed by atoms with Crippen molar-refractivity contribution in [3.05, 3.63) is 59.8 Å². The number of hydrogen-bond donors (Lipinski definition) is 1. The van der Waals surface area contributed by atoms with Crippen molar-refractivity contribution in [2.45, 2.75) is 25.3 Å². The lowest BCUT2D eigenvalue weighted by atomic mass is 10.1. The van der Waals surface area contributed by atoms with Gasteiger partial charge in [0.15, 0.2) is 11.2 Å². The Morgan fingerprint density at radius 1 is 1.17 bits per heavy atom. The monoisotopic (exact) mass is 404 g/mol. The number of carbonyl (C=O) groups is 1. The van der Waals surface area contributed by atoms with E-state index in [9.17, 15) is 4.79 Å². The molecule has 0 saturated carbocycles. The molecule has 1 aliphatic rings. The fourth-order valence-electron chi connectivity index (χ4n) is 3.59. The quantitative estimate of drug-likeness (QED) is 0.533. The second-order valence-electron chi connectivity index (χ2n) is 7.26. The SMILES string of the molecule is NC(=O)c1ccc(-n2nnc3cnc(Cc4cnn(C5CCOCC5)c4)nc32)cc1. The molecule has 0 bridgehead atoms. The lowest BCUT2D eigenvalue weighted by molar-refractivity contribution is 0.0662. The van der Waals surface area contributed by atoms with Gasteiger partial charge in [-0.05, 0) is 42.7 Å². The van der Waals surface area contributed by atoms with Gasteiger partial charge in [0.2, 0.25) is 5.91 Å². The smallest absolute Gasteiger partial charge is 0.248 e. The van der Waals surface area contributed by atoms with Crippen molar-refractivity contribution < 1.29 is 9.53 Å². The Bertz CT molecular complexity index is 1190. The largest absolute Gasteiger partial charge is 0.381 e. The normalized spacial score (nSPS) is 14.9. The van der Waals surface area contributed by atoms with Crippen molar-refractivity contribution in [3.8, 4) is 5.69 Å². The third-order valence-electron chi connectivity index (χ3n) is 5.22. The molecule has 0 atom stereocenters. The molecule has 2 N–H and O–H groups in total. The van der Waals surface area contributed by atoms with Crippen LogP contribution in [0.1, 0.15) is 40.6 Å². The number of hydrogen-bond acceptors (Lipinski definition) is 7. The summed E-state index contributed by atoms with van der Waals surface area (Å²) >= 11 is 0. The summed E-state index contributed by atoms with van der Waals surface area (Å²) in [5.74, 6) is 0.183. The van der Waals surface area contributed by atoms with Gasteiger partial charge in [0.05, 0.1) is 24.1 Å². The molecular formula is C20H20N8O2. The van der Waals surface area contributed by atoms with Crippen molar-refractivity contribution in [3.63, 3.8) is 0 Å². The van der Waals surface area contributed by atoms with Gasteiger partial charge in [-0.15, -0.1) is 5.10 Å². The first-order valence-electron chi connectivity index (χ1n) is 9.76. The third kappa shape index (κ3) is 3.52. The number of aromatic nitrogens is 7. The molecule has 30 heavy (non-hydrogen) atoms. The van der Waals surface area contributed by atoms with Crippen molar-refractivity contribution in [1.29, 1.82) is 0 Å². The predicted octanol–water partition coefficient (Wildman–Crippen LogP) is 1.45. The second-order valence-corrected chi connectivity index (χ2v) is 7.26. The summed E-state index contributed by atoms with van der Waals surface area (Å²) in [6, 6.07) is 7.20. The van der Waals surface area contributed by atoms with Crippen molar-refractivity contribution >= 4 is 17.1 Å². The van der Waals surface area contributed by atoms with Gasteiger partial charge < -0.3 is 10.5 Å². The van der Waals surface area contributed by atoms with Gasteiger partial charge in [-0.3, -0.25) is 9.48 Å². The Balaban J connectivity index is 1.40. The van der Waals surface area contributed by atoms with Crippen LogP contribution in [-0.2, 0) is 11.2 Å². The Hall–Kier alpha value is -3.66. The summed E-state index contributed by atoms with van der Waals surface area (Å²) < 4.78 is 9.06. The zero-order valence-electron chi connectivity index (χ0n) is 16.2. The molecule has 4 heterocycles. The fraction of sp³-hybridized carbons (Fsp3) is 0.300. The van der Waals surface area contributed by atoms with Gasteiger partial charge in [0.25, 0.3) is 0 Å². The van der Waals surface area contributed by atoms with Gasteiger partial charge in [-0.1, -0.05) is 5.21 Å². The lowest BCUT2D eigenvalue weighted by Gasteiger charge is -2.22. The number of rotatable bonds is 5. The van der Waals surface area contributed by atoms with E-state index >= 15 is 0 Å². The zero-order valence-corrected chi connectivity index (χ0v) is 16.2. The summed E-state index contributed by atoms with van der Waals surface area (Å²) in [7, 11) is 0. The summed E-state index contributed by atoms with van der Waals surface area (Å²) in [5, 5.41) is 12.8. The van der Waals surface area contributed by atoms with Crippen LogP contribution in [0.15, 0.2) is 42.9 Å². The first-order chi connectivity index (χ1) is 14.7. The number of carbonyl (C=O) groups excluding carboxylic acids is 1. The summed E-state index contributed by atoms with van der Waals surface area (Å²) in [4.78, 5) is 20.4. The highest BCUT2D eigenvalue weighted by Crippen LogP contribution is 2.21. The maximum Gasteiger partial charge on any atom is 0.248 e. The standard InChI is InChI=1S/C20H20N8O2/c21-19(29)14-1-3-16(4-2-14)28-20-17(25-26-28)11-22-18(24-20)9-13-10-23-27(12-13)15-5-7-30-8-6-15/h1-4,10-12,15H,5-9H2,(H2,21,29). The first-order valence-corrected chi connectivity index (χ1v) is 9.76. The molecule has 0 spiro atoms. The van der Waals surface area contributed by atoms with Crippen LogP contribution in [0, 0.1) is 0 Å². The van der Waals surface area contributed by atoms with Gasteiger partial charge in [0, 0.05) is 31.4 Å². The van der Waals surface area contributed by atoms with Crippen molar-refractivity contribution in [2.24, 2.45) is 5.73 Å². The van der Waals surface area contributed by atoms with Crippen LogP contribution in [0.2, 0.25) is 0 Å². The third-order valence-corrected chi connectivity index (χ3v) is 5.22. The molecule has 0 radical (unpaired) electrons. The molecular weight excluding hydrogens is 384 g/mol. The number of nitrogens with zero attached hydrogens (tertiary/aromatic N) is 7. The van der Waals surface area contributed by atoms with Gasteiger partial charge >= 0.3 is 0 Å². The van der Waals surface area contributed by atoms with Crippen LogP contribution in [0.25, 0.3) is 16.9 Å². The van der Waals surface area contributed by atoms with Gasteiger partial charge in [-0.25, -0.2) is 9.97 Å². The molecule has 1 amide bonds. The number of primary amides is 1. The number of benzene rings is 1. The Morgan fingerprint density at radius 3 is 2.73 bits per heavy atom. The molecule has 1 aromatic carbocycles. The van der Waals surface area contributed by atoms with Gasteiger partial charge in [-0.2, -0.15) is 9.78 Å². The van der Waals surface area contributed by atoms with Crippen LogP contribution >= 0.6 is 0 Å². The number of nitrogens with two attached hydrogens (primary N) is 1. The average Bonchev–Trinajstić information content (AvgIpc) is 3.41. The maximum atomic E-state index is 11.3. The van der Waals surface area contributed by atoms with Crippen LogP contribution in [0.5, 0.6) is 0 Å². The molecule has 0 unspecified atom stereocenters. The zero-order chi connectivity index (χ0) is 20.5. The first kappa shape index (κ1) is 18.4. The highest BCUT2D eigenvalue weighted by Gasteiger charge is 2.17. The number of fused-ring (bicyclic) bond motifs is 1. The Kier molecular flexibility index (Phi) is 4.68. The summed E-state index contributed by atoms with van der Waals surface area (Å²) in [6.07, 6.45) is 8.10. The van der Waals surface area contributed by atoms with Crippen molar-refractivity contribution in [1.82, 2.24) is 34.7 Å². The minimum atomic E-state index is -0.476. The Labute approximate surface area is 171 Å². The van der Waals surface area contributed by atoms with E-state index in [2.05, 4.69) is 31.6 Å². The molecule has 0 aliphatic carbocycles.